The van der Waals surface area contributed by atoms with E-state index in [1.807, 2.05) is 20.8 Å². The fourth-order valence-corrected chi connectivity index (χ4v) is 0.902. The first-order valence-electron chi connectivity index (χ1n) is 4.81. The van der Waals surface area contributed by atoms with Crippen molar-refractivity contribution in [2.24, 2.45) is 4.99 Å². The highest BCUT2D eigenvalue weighted by Crippen LogP contribution is 2.02. The van der Waals surface area contributed by atoms with Crippen LogP contribution in [0.1, 0.15) is 27.2 Å². The van der Waals surface area contributed by atoms with Crippen molar-refractivity contribution in [3.8, 4) is 0 Å². The Morgan fingerprint density at radius 3 is 2.73 bits per heavy atom. The van der Waals surface area contributed by atoms with E-state index in [-0.39, 0.29) is 11.9 Å². The van der Waals surface area contributed by atoms with Crippen molar-refractivity contribution < 1.29 is 4.79 Å². The maximum Gasteiger partial charge on any atom is 0.220 e. The van der Waals surface area contributed by atoms with Crippen molar-refractivity contribution in [2.75, 3.05) is 0 Å². The van der Waals surface area contributed by atoms with E-state index in [1.165, 1.54) is 0 Å². The lowest BCUT2D eigenvalue weighted by molar-refractivity contribution is -0.121. The van der Waals surface area contributed by atoms with Crippen molar-refractivity contribution in [3.05, 3.63) is 22.8 Å². The van der Waals surface area contributed by atoms with Gasteiger partial charge in [-0.15, -0.1) is 0 Å². The average Bonchev–Trinajstić information content (AvgIpc) is 2.16. The van der Waals surface area contributed by atoms with E-state index >= 15 is 0 Å². The zero-order valence-corrected chi connectivity index (χ0v) is 11.0. The van der Waals surface area contributed by atoms with Crippen molar-refractivity contribution in [1.82, 2.24) is 5.32 Å². The molecule has 4 heteroatoms. The monoisotopic (exact) mass is 272 g/mol. The van der Waals surface area contributed by atoms with Crippen LogP contribution in [-0.2, 0) is 4.79 Å². The number of carbonyl (C=O) groups is 1. The van der Waals surface area contributed by atoms with Gasteiger partial charge in [0.25, 0.3) is 0 Å². The molecule has 0 aliphatic carbocycles. The number of hydrogen-bond acceptors (Lipinski definition) is 2. The molecule has 0 aliphatic heterocycles. The molecule has 0 saturated heterocycles. The first-order valence-corrected chi connectivity index (χ1v) is 5.60. The van der Waals surface area contributed by atoms with Gasteiger partial charge in [0.15, 0.2) is 0 Å². The lowest BCUT2D eigenvalue weighted by Gasteiger charge is -2.12. The molecule has 0 aliphatic rings. The molecule has 1 amide bonds. The third-order valence-electron chi connectivity index (χ3n) is 1.75. The summed E-state index contributed by atoms with van der Waals surface area (Å²) in [5.74, 6) is 0.0178. The van der Waals surface area contributed by atoms with E-state index in [4.69, 9.17) is 0 Å². The standard InChI is InChI=1S/C11H17BrN2O/c1-5-11(15)14-10(4)8(2)6-13-7-9(3)12/h6-7,10H,2,5H2,1,3-4H3,(H,14,15)/b9-7+,13-6?. The van der Waals surface area contributed by atoms with Crippen molar-refractivity contribution in [2.45, 2.75) is 33.2 Å². The summed E-state index contributed by atoms with van der Waals surface area (Å²) in [6.07, 6.45) is 3.81. The summed E-state index contributed by atoms with van der Waals surface area (Å²) in [7, 11) is 0. The molecule has 15 heavy (non-hydrogen) atoms. The molecule has 0 rings (SSSR count). The predicted molar refractivity (Wildman–Crippen MR) is 68.2 cm³/mol. The lowest BCUT2D eigenvalue weighted by atomic mass is 10.1. The number of carbonyl (C=O) groups excluding carboxylic acids is 1. The minimum atomic E-state index is -0.0785. The number of nitrogens with zero attached hydrogens (tertiary/aromatic N) is 1. The zero-order valence-electron chi connectivity index (χ0n) is 9.38. The van der Waals surface area contributed by atoms with Crippen molar-refractivity contribution >= 4 is 28.1 Å². The van der Waals surface area contributed by atoms with Gasteiger partial charge >= 0.3 is 0 Å². The largest absolute Gasteiger partial charge is 0.350 e. The van der Waals surface area contributed by atoms with Gasteiger partial charge in [-0.05, 0) is 19.4 Å². The van der Waals surface area contributed by atoms with Crippen LogP contribution < -0.4 is 5.32 Å². The molecule has 1 unspecified atom stereocenters. The molecule has 84 valence electrons. The van der Waals surface area contributed by atoms with Crippen LogP contribution in [0.3, 0.4) is 0 Å². The molecule has 0 heterocycles. The summed E-state index contributed by atoms with van der Waals surface area (Å²) in [4.78, 5) is 15.1. The molecule has 0 radical (unpaired) electrons. The van der Waals surface area contributed by atoms with Crippen LogP contribution in [0.15, 0.2) is 27.8 Å². The predicted octanol–water partition coefficient (Wildman–Crippen LogP) is 2.78. The van der Waals surface area contributed by atoms with Gasteiger partial charge in [-0.2, -0.15) is 0 Å². The molecule has 0 aromatic rings. The fraction of sp³-hybridized carbons (Fsp3) is 0.455. The van der Waals surface area contributed by atoms with E-state index in [1.54, 1.807) is 12.4 Å². The summed E-state index contributed by atoms with van der Waals surface area (Å²) in [5, 5.41) is 2.81. The maximum absolute atomic E-state index is 11.1. The molecular weight excluding hydrogens is 256 g/mol. The highest BCUT2D eigenvalue weighted by atomic mass is 79.9. The highest BCUT2D eigenvalue weighted by Gasteiger charge is 2.06. The van der Waals surface area contributed by atoms with Crippen LogP contribution in [-0.4, -0.2) is 18.2 Å². The van der Waals surface area contributed by atoms with Gasteiger partial charge in [-0.25, -0.2) is 0 Å². The molecule has 0 bridgehead atoms. The number of nitrogens with one attached hydrogen (secondary N) is 1. The molecule has 1 atom stereocenters. The Kier molecular flexibility index (Phi) is 6.96. The average molecular weight is 273 g/mol. The minimum absolute atomic E-state index is 0.0178. The topological polar surface area (TPSA) is 41.5 Å². The maximum atomic E-state index is 11.1. The van der Waals surface area contributed by atoms with E-state index in [2.05, 4.69) is 32.8 Å². The molecule has 0 aromatic carbocycles. The minimum Gasteiger partial charge on any atom is -0.350 e. The number of amides is 1. The molecule has 0 saturated carbocycles. The van der Waals surface area contributed by atoms with Crippen LogP contribution in [0.4, 0.5) is 0 Å². The van der Waals surface area contributed by atoms with E-state index in [0.717, 1.165) is 10.1 Å². The molecule has 0 fully saturated rings. The first-order chi connectivity index (χ1) is 6.97. The number of allylic oxidation sites excluding steroid dienone is 1. The molecule has 0 spiro atoms. The second-order valence-electron chi connectivity index (χ2n) is 3.21. The van der Waals surface area contributed by atoms with Gasteiger partial charge in [-0.3, -0.25) is 9.79 Å². The van der Waals surface area contributed by atoms with Crippen molar-refractivity contribution in [1.29, 1.82) is 0 Å². The third kappa shape index (κ3) is 7.08. The van der Waals surface area contributed by atoms with Crippen LogP contribution in [0, 0.1) is 0 Å². The Morgan fingerprint density at radius 1 is 1.67 bits per heavy atom. The second-order valence-corrected chi connectivity index (χ2v) is 4.46. The summed E-state index contributed by atoms with van der Waals surface area (Å²) in [6.45, 7) is 9.42. The lowest BCUT2D eigenvalue weighted by Crippen LogP contribution is -2.33. The Labute approximate surface area is 99.5 Å². The highest BCUT2D eigenvalue weighted by molar-refractivity contribution is 9.11. The van der Waals surface area contributed by atoms with Gasteiger partial charge in [0, 0.05) is 23.3 Å². The van der Waals surface area contributed by atoms with Crippen LogP contribution in [0.25, 0.3) is 0 Å². The molecule has 3 nitrogen and oxygen atoms in total. The Bertz CT molecular complexity index is 291. The summed E-state index contributed by atoms with van der Waals surface area (Å²) in [5.41, 5.74) is 0.779. The van der Waals surface area contributed by atoms with E-state index in [0.29, 0.717) is 6.42 Å². The quantitative estimate of drug-likeness (QED) is 0.769. The smallest absolute Gasteiger partial charge is 0.220 e. The molecule has 0 aromatic heterocycles. The Balaban J connectivity index is 4.16. The molecular formula is C11H17BrN2O. The van der Waals surface area contributed by atoms with E-state index in [9.17, 15) is 4.79 Å². The normalized spacial score (nSPS) is 14.0. The zero-order chi connectivity index (χ0) is 11.8. The van der Waals surface area contributed by atoms with Gasteiger partial charge < -0.3 is 5.32 Å². The number of rotatable bonds is 5. The van der Waals surface area contributed by atoms with Crippen LogP contribution in [0.5, 0.6) is 0 Å². The summed E-state index contributed by atoms with van der Waals surface area (Å²) in [6, 6.07) is -0.0785. The second kappa shape index (κ2) is 7.40. The van der Waals surface area contributed by atoms with Gasteiger partial charge in [0.2, 0.25) is 5.91 Å². The Morgan fingerprint density at radius 2 is 2.27 bits per heavy atom. The summed E-state index contributed by atoms with van der Waals surface area (Å²) >= 11 is 3.26. The van der Waals surface area contributed by atoms with Gasteiger partial charge in [0.1, 0.15) is 0 Å². The van der Waals surface area contributed by atoms with Crippen LogP contribution in [0.2, 0.25) is 0 Å². The van der Waals surface area contributed by atoms with Gasteiger partial charge in [0.05, 0.1) is 6.04 Å². The molecule has 1 N–H and O–H groups in total. The first kappa shape index (κ1) is 14.1. The summed E-state index contributed by atoms with van der Waals surface area (Å²) < 4.78 is 0.941. The SMILES string of the molecule is C=C(C=N/C=C(\C)Br)C(C)NC(=O)CC. The number of halogens is 1. The fourth-order valence-electron chi connectivity index (χ4n) is 0.784. The number of aliphatic imine (C=N–C) groups is 1. The third-order valence-corrected chi connectivity index (χ3v) is 1.95. The van der Waals surface area contributed by atoms with Crippen LogP contribution >= 0.6 is 15.9 Å². The van der Waals surface area contributed by atoms with Gasteiger partial charge in [-0.1, -0.05) is 29.4 Å². The van der Waals surface area contributed by atoms with Crippen molar-refractivity contribution in [3.63, 3.8) is 0 Å². The Hall–Kier alpha value is -0.900. The van der Waals surface area contributed by atoms with E-state index < -0.39 is 0 Å². The number of hydrogen-bond donors (Lipinski definition) is 1.